The summed E-state index contributed by atoms with van der Waals surface area (Å²) in [7, 11) is 0. The summed E-state index contributed by atoms with van der Waals surface area (Å²) in [5, 5.41) is 0. The summed E-state index contributed by atoms with van der Waals surface area (Å²) in [5.41, 5.74) is 2.30. The highest BCUT2D eigenvalue weighted by Gasteiger charge is 2.17. The van der Waals surface area contributed by atoms with E-state index in [2.05, 4.69) is 5.48 Å². The molecule has 0 aromatic heterocycles. The van der Waals surface area contributed by atoms with Gasteiger partial charge in [0.2, 0.25) is 0 Å². The number of carbonyl (C=O) groups excluding carboxylic acids is 1. The Balaban J connectivity index is 1.92. The van der Waals surface area contributed by atoms with Gasteiger partial charge in [0.15, 0.2) is 11.6 Å². The van der Waals surface area contributed by atoms with Crippen LogP contribution in [0.2, 0.25) is 0 Å². The molecule has 17 heavy (non-hydrogen) atoms. The molecule has 0 aliphatic heterocycles. The molecule has 5 heteroatoms. The molecule has 2 rings (SSSR count). The zero-order chi connectivity index (χ0) is 12.3. The smallest absolute Gasteiger partial charge is 0.270 e. The van der Waals surface area contributed by atoms with E-state index in [1.165, 1.54) is 6.07 Å². The van der Waals surface area contributed by atoms with Crippen LogP contribution in [0.5, 0.6) is 0 Å². The lowest BCUT2D eigenvalue weighted by Crippen LogP contribution is -2.28. The second-order valence-electron chi connectivity index (χ2n) is 4.08. The summed E-state index contributed by atoms with van der Waals surface area (Å²) in [6.45, 7) is 0. The van der Waals surface area contributed by atoms with Crippen molar-refractivity contribution in [2.24, 2.45) is 0 Å². The minimum Gasteiger partial charge on any atom is -0.270 e. The van der Waals surface area contributed by atoms with Gasteiger partial charge in [-0.2, -0.15) is 0 Å². The summed E-state index contributed by atoms with van der Waals surface area (Å²) < 4.78 is 25.5. The van der Waals surface area contributed by atoms with Crippen molar-refractivity contribution in [1.29, 1.82) is 0 Å². The fraction of sp³-hybridized carbons (Fsp3) is 0.417. The van der Waals surface area contributed by atoms with Crippen LogP contribution in [0.15, 0.2) is 18.2 Å². The normalized spacial score (nSPS) is 16.1. The summed E-state index contributed by atoms with van der Waals surface area (Å²) in [6, 6.07) is 2.98. The lowest BCUT2D eigenvalue weighted by molar-refractivity contribution is -0.0125. The number of halogens is 2. The predicted molar refractivity (Wildman–Crippen MR) is 57.2 cm³/mol. The molecule has 1 aromatic carbocycles. The van der Waals surface area contributed by atoms with Crippen molar-refractivity contribution < 1.29 is 18.4 Å². The standard InChI is InChI=1S/C12H13F2NO2/c13-10-6-5-8(7-11(10)14)12(16)15-17-9-3-1-2-4-9/h5-7,9H,1-4H2,(H,15,16). The van der Waals surface area contributed by atoms with E-state index in [1.54, 1.807) is 0 Å². The van der Waals surface area contributed by atoms with Gasteiger partial charge in [-0.25, -0.2) is 14.3 Å². The maximum atomic E-state index is 12.9. The third-order valence-electron chi connectivity index (χ3n) is 2.80. The lowest BCUT2D eigenvalue weighted by Gasteiger charge is -2.11. The van der Waals surface area contributed by atoms with Crippen LogP contribution in [-0.4, -0.2) is 12.0 Å². The number of benzene rings is 1. The molecule has 0 heterocycles. The van der Waals surface area contributed by atoms with Gasteiger partial charge in [0, 0.05) is 5.56 Å². The van der Waals surface area contributed by atoms with Crippen molar-refractivity contribution in [3.05, 3.63) is 35.4 Å². The molecule has 1 N–H and O–H groups in total. The van der Waals surface area contributed by atoms with E-state index in [0.29, 0.717) is 0 Å². The molecular weight excluding hydrogens is 228 g/mol. The van der Waals surface area contributed by atoms with Gasteiger partial charge in [-0.1, -0.05) is 12.8 Å². The van der Waals surface area contributed by atoms with E-state index in [0.717, 1.165) is 37.8 Å². The van der Waals surface area contributed by atoms with Gasteiger partial charge in [-0.15, -0.1) is 0 Å². The second-order valence-corrected chi connectivity index (χ2v) is 4.08. The molecule has 0 radical (unpaired) electrons. The molecule has 0 saturated heterocycles. The van der Waals surface area contributed by atoms with Gasteiger partial charge in [0.1, 0.15) is 0 Å². The number of nitrogens with one attached hydrogen (secondary N) is 1. The highest BCUT2D eigenvalue weighted by molar-refractivity contribution is 5.93. The first-order valence-corrected chi connectivity index (χ1v) is 5.58. The van der Waals surface area contributed by atoms with Gasteiger partial charge >= 0.3 is 0 Å². The molecule has 0 atom stereocenters. The number of rotatable bonds is 3. The summed E-state index contributed by atoms with van der Waals surface area (Å²) in [5.74, 6) is -2.58. The van der Waals surface area contributed by atoms with Gasteiger partial charge in [0.05, 0.1) is 6.10 Å². The first-order chi connectivity index (χ1) is 8.16. The third-order valence-corrected chi connectivity index (χ3v) is 2.80. The monoisotopic (exact) mass is 241 g/mol. The van der Waals surface area contributed by atoms with Crippen molar-refractivity contribution in [3.8, 4) is 0 Å². The fourth-order valence-corrected chi connectivity index (χ4v) is 1.84. The SMILES string of the molecule is O=C(NOC1CCCC1)c1ccc(F)c(F)c1. The third kappa shape index (κ3) is 3.00. The van der Waals surface area contributed by atoms with E-state index >= 15 is 0 Å². The molecule has 1 fully saturated rings. The Labute approximate surface area is 97.7 Å². The maximum absolute atomic E-state index is 12.9. The Morgan fingerprint density at radius 1 is 1.24 bits per heavy atom. The zero-order valence-electron chi connectivity index (χ0n) is 9.21. The average Bonchev–Trinajstić information content (AvgIpc) is 2.82. The predicted octanol–water partition coefficient (Wildman–Crippen LogP) is 2.57. The number of hydroxylamine groups is 1. The van der Waals surface area contributed by atoms with Gasteiger partial charge < -0.3 is 0 Å². The fourth-order valence-electron chi connectivity index (χ4n) is 1.84. The summed E-state index contributed by atoms with van der Waals surface area (Å²) in [4.78, 5) is 16.7. The molecule has 1 aliphatic carbocycles. The van der Waals surface area contributed by atoms with Crippen molar-refractivity contribution in [1.82, 2.24) is 5.48 Å². The molecule has 3 nitrogen and oxygen atoms in total. The van der Waals surface area contributed by atoms with Crippen LogP contribution in [0.4, 0.5) is 8.78 Å². The summed E-state index contributed by atoms with van der Waals surface area (Å²) >= 11 is 0. The van der Waals surface area contributed by atoms with Crippen LogP contribution in [-0.2, 0) is 4.84 Å². The van der Waals surface area contributed by atoms with Crippen LogP contribution >= 0.6 is 0 Å². The summed E-state index contributed by atoms with van der Waals surface area (Å²) in [6.07, 6.45) is 4.04. The Morgan fingerprint density at radius 2 is 1.94 bits per heavy atom. The van der Waals surface area contributed by atoms with Crippen LogP contribution in [0.1, 0.15) is 36.0 Å². The van der Waals surface area contributed by atoms with Crippen LogP contribution in [0.3, 0.4) is 0 Å². The van der Waals surface area contributed by atoms with E-state index in [4.69, 9.17) is 4.84 Å². The van der Waals surface area contributed by atoms with Crippen LogP contribution in [0.25, 0.3) is 0 Å². The van der Waals surface area contributed by atoms with E-state index in [-0.39, 0.29) is 11.7 Å². The van der Waals surface area contributed by atoms with Gasteiger partial charge in [0.25, 0.3) is 5.91 Å². The molecular formula is C12H13F2NO2. The molecule has 0 spiro atoms. The number of hydrogen-bond acceptors (Lipinski definition) is 2. The van der Waals surface area contributed by atoms with Crippen molar-refractivity contribution in [2.45, 2.75) is 31.8 Å². The number of hydrogen-bond donors (Lipinski definition) is 1. The Hall–Kier alpha value is -1.49. The average molecular weight is 241 g/mol. The van der Waals surface area contributed by atoms with Crippen LogP contribution < -0.4 is 5.48 Å². The van der Waals surface area contributed by atoms with E-state index in [1.807, 2.05) is 0 Å². The molecule has 1 aliphatic rings. The topological polar surface area (TPSA) is 38.3 Å². The quantitative estimate of drug-likeness (QED) is 0.826. The number of amides is 1. The highest BCUT2D eigenvalue weighted by atomic mass is 19.2. The maximum Gasteiger partial charge on any atom is 0.274 e. The minimum absolute atomic E-state index is 0.0317. The molecule has 0 bridgehead atoms. The van der Waals surface area contributed by atoms with Gasteiger partial charge in [-0.3, -0.25) is 9.63 Å². The molecule has 0 unspecified atom stereocenters. The lowest BCUT2D eigenvalue weighted by atomic mass is 10.2. The van der Waals surface area contributed by atoms with E-state index in [9.17, 15) is 13.6 Å². The molecule has 92 valence electrons. The zero-order valence-corrected chi connectivity index (χ0v) is 9.21. The number of carbonyl (C=O) groups is 1. The van der Waals surface area contributed by atoms with Crippen molar-refractivity contribution in [2.75, 3.05) is 0 Å². The first kappa shape index (κ1) is 12.0. The van der Waals surface area contributed by atoms with Crippen LogP contribution in [0, 0.1) is 11.6 Å². The first-order valence-electron chi connectivity index (χ1n) is 5.58. The van der Waals surface area contributed by atoms with Crippen molar-refractivity contribution in [3.63, 3.8) is 0 Å². The largest absolute Gasteiger partial charge is 0.274 e. The Morgan fingerprint density at radius 3 is 2.59 bits per heavy atom. The molecule has 1 saturated carbocycles. The Bertz CT molecular complexity index is 417. The highest BCUT2D eigenvalue weighted by Crippen LogP contribution is 2.20. The second kappa shape index (κ2) is 5.23. The van der Waals surface area contributed by atoms with E-state index < -0.39 is 17.5 Å². The molecule has 1 aromatic rings. The molecule has 1 amide bonds. The Kier molecular flexibility index (Phi) is 3.68. The van der Waals surface area contributed by atoms with Gasteiger partial charge in [-0.05, 0) is 31.0 Å². The minimum atomic E-state index is -1.04. The van der Waals surface area contributed by atoms with Crippen molar-refractivity contribution >= 4 is 5.91 Å².